The fourth-order valence-corrected chi connectivity index (χ4v) is 3.99. The Balaban J connectivity index is 1.63. The van der Waals surface area contributed by atoms with E-state index in [0.29, 0.717) is 13.0 Å². The smallest absolute Gasteiger partial charge is 0.0897 e. The van der Waals surface area contributed by atoms with Gasteiger partial charge in [-0.15, -0.1) is 22.7 Å². The molecular formula is C15H20N2O2S2. The summed E-state index contributed by atoms with van der Waals surface area (Å²) in [6.45, 7) is 5.22. The van der Waals surface area contributed by atoms with Crippen molar-refractivity contribution in [3.8, 4) is 0 Å². The van der Waals surface area contributed by atoms with Gasteiger partial charge in [-0.05, 0) is 24.8 Å². The molecule has 0 radical (unpaired) electrons. The van der Waals surface area contributed by atoms with Crippen LogP contribution in [0.2, 0.25) is 0 Å². The largest absolute Gasteiger partial charge is 0.388 e. The molecule has 0 bridgehead atoms. The minimum Gasteiger partial charge on any atom is -0.388 e. The lowest BCUT2D eigenvalue weighted by Gasteiger charge is -2.36. The number of aliphatic hydroxyl groups is 1. The van der Waals surface area contributed by atoms with E-state index >= 15 is 0 Å². The standard InChI is InChI=1S/C15H20N2O2S2/c1-11-16-12(10-21-11)8-17-4-5-19-9-13(17)7-14(18)15-3-2-6-20-15/h2-3,6,10,13-14,18H,4-5,7-9H2,1H3/t13-,14-/m0/s1. The van der Waals surface area contributed by atoms with Crippen LogP contribution in [0.5, 0.6) is 0 Å². The van der Waals surface area contributed by atoms with E-state index in [0.717, 1.165) is 35.3 Å². The third-order valence-electron chi connectivity index (χ3n) is 3.75. The van der Waals surface area contributed by atoms with Gasteiger partial charge in [0.2, 0.25) is 0 Å². The second kappa shape index (κ2) is 6.98. The van der Waals surface area contributed by atoms with Gasteiger partial charge in [-0.2, -0.15) is 0 Å². The molecule has 21 heavy (non-hydrogen) atoms. The number of aliphatic hydroxyl groups excluding tert-OH is 1. The molecule has 2 aromatic rings. The van der Waals surface area contributed by atoms with E-state index in [1.807, 2.05) is 24.4 Å². The summed E-state index contributed by atoms with van der Waals surface area (Å²) in [4.78, 5) is 7.96. The van der Waals surface area contributed by atoms with Gasteiger partial charge in [-0.25, -0.2) is 4.98 Å². The highest BCUT2D eigenvalue weighted by Crippen LogP contribution is 2.26. The Morgan fingerprint density at radius 2 is 2.43 bits per heavy atom. The molecule has 0 saturated carbocycles. The highest BCUT2D eigenvalue weighted by molar-refractivity contribution is 7.10. The number of hydrogen-bond donors (Lipinski definition) is 1. The van der Waals surface area contributed by atoms with Crippen molar-refractivity contribution in [2.24, 2.45) is 0 Å². The van der Waals surface area contributed by atoms with Gasteiger partial charge >= 0.3 is 0 Å². The van der Waals surface area contributed by atoms with Gasteiger partial charge < -0.3 is 9.84 Å². The number of aromatic nitrogens is 1. The van der Waals surface area contributed by atoms with Crippen LogP contribution < -0.4 is 0 Å². The number of ether oxygens (including phenoxy) is 1. The zero-order valence-electron chi connectivity index (χ0n) is 12.1. The van der Waals surface area contributed by atoms with Crippen molar-refractivity contribution in [1.82, 2.24) is 9.88 Å². The highest BCUT2D eigenvalue weighted by atomic mass is 32.1. The zero-order valence-corrected chi connectivity index (χ0v) is 13.7. The Kier molecular flexibility index (Phi) is 5.03. The average molecular weight is 324 g/mol. The first-order valence-corrected chi connectivity index (χ1v) is 8.92. The van der Waals surface area contributed by atoms with E-state index in [1.165, 1.54) is 0 Å². The Morgan fingerprint density at radius 3 is 3.14 bits per heavy atom. The summed E-state index contributed by atoms with van der Waals surface area (Å²) in [7, 11) is 0. The Bertz CT molecular complexity index is 556. The predicted molar refractivity (Wildman–Crippen MR) is 85.8 cm³/mol. The zero-order chi connectivity index (χ0) is 14.7. The molecule has 1 N–H and O–H groups in total. The molecule has 0 unspecified atom stereocenters. The topological polar surface area (TPSA) is 45.6 Å². The van der Waals surface area contributed by atoms with Crippen LogP contribution in [0.15, 0.2) is 22.9 Å². The van der Waals surface area contributed by atoms with Crippen LogP contribution in [0.1, 0.15) is 28.1 Å². The normalized spacial score (nSPS) is 21.5. The van der Waals surface area contributed by atoms with Gasteiger partial charge in [-0.3, -0.25) is 4.90 Å². The molecule has 1 saturated heterocycles. The second-order valence-electron chi connectivity index (χ2n) is 5.32. The summed E-state index contributed by atoms with van der Waals surface area (Å²) in [6.07, 6.45) is 0.306. The number of aryl methyl sites for hydroxylation is 1. The Hall–Kier alpha value is -0.790. The van der Waals surface area contributed by atoms with Gasteiger partial charge in [0.15, 0.2) is 0 Å². The number of thiazole rings is 1. The van der Waals surface area contributed by atoms with Crippen molar-refractivity contribution < 1.29 is 9.84 Å². The van der Waals surface area contributed by atoms with Gasteiger partial charge in [0.1, 0.15) is 0 Å². The van der Waals surface area contributed by atoms with Crippen molar-refractivity contribution in [2.45, 2.75) is 32.0 Å². The van der Waals surface area contributed by atoms with Crippen molar-refractivity contribution in [2.75, 3.05) is 19.8 Å². The fourth-order valence-electron chi connectivity index (χ4n) is 2.66. The highest BCUT2D eigenvalue weighted by Gasteiger charge is 2.26. The molecule has 0 spiro atoms. The van der Waals surface area contributed by atoms with E-state index in [-0.39, 0.29) is 6.04 Å². The van der Waals surface area contributed by atoms with E-state index in [4.69, 9.17) is 4.74 Å². The first-order valence-electron chi connectivity index (χ1n) is 7.16. The molecule has 114 valence electrons. The summed E-state index contributed by atoms with van der Waals surface area (Å²) in [5, 5.41) is 15.6. The third kappa shape index (κ3) is 3.90. The van der Waals surface area contributed by atoms with Crippen LogP contribution in [0, 0.1) is 6.92 Å². The molecule has 0 aliphatic carbocycles. The van der Waals surface area contributed by atoms with Gasteiger partial charge in [0.05, 0.1) is 30.0 Å². The monoisotopic (exact) mass is 324 g/mol. The quantitative estimate of drug-likeness (QED) is 0.918. The van der Waals surface area contributed by atoms with E-state index in [9.17, 15) is 5.11 Å². The molecule has 0 amide bonds. The first-order chi connectivity index (χ1) is 10.2. The molecule has 4 nitrogen and oxygen atoms in total. The summed E-state index contributed by atoms with van der Waals surface area (Å²) >= 11 is 3.30. The number of morpholine rings is 1. The maximum atomic E-state index is 10.4. The molecule has 1 aliphatic heterocycles. The van der Waals surface area contributed by atoms with Gasteiger partial charge in [0, 0.05) is 29.4 Å². The van der Waals surface area contributed by atoms with Crippen LogP contribution in [-0.4, -0.2) is 40.8 Å². The van der Waals surface area contributed by atoms with Crippen LogP contribution in [-0.2, 0) is 11.3 Å². The van der Waals surface area contributed by atoms with Crippen LogP contribution in [0.3, 0.4) is 0 Å². The Labute approximate surface area is 133 Å². The molecule has 2 aromatic heterocycles. The molecular weight excluding hydrogens is 304 g/mol. The molecule has 1 aliphatic rings. The van der Waals surface area contributed by atoms with E-state index in [1.54, 1.807) is 22.7 Å². The maximum Gasteiger partial charge on any atom is 0.0897 e. The average Bonchev–Trinajstić information content (AvgIpc) is 3.13. The number of rotatable bonds is 5. The van der Waals surface area contributed by atoms with Crippen molar-refractivity contribution >= 4 is 22.7 Å². The molecule has 1 fully saturated rings. The molecule has 3 heterocycles. The van der Waals surface area contributed by atoms with Gasteiger partial charge in [0.25, 0.3) is 0 Å². The lowest BCUT2D eigenvalue weighted by molar-refractivity contribution is -0.0300. The first kappa shape index (κ1) is 15.1. The summed E-state index contributed by atoms with van der Waals surface area (Å²) in [6, 6.07) is 4.22. The molecule has 6 heteroatoms. The third-order valence-corrected chi connectivity index (χ3v) is 5.54. The predicted octanol–water partition coefficient (Wildman–Crippen LogP) is 2.84. The fraction of sp³-hybridized carbons (Fsp3) is 0.533. The lowest BCUT2D eigenvalue weighted by Crippen LogP contribution is -2.45. The molecule has 3 rings (SSSR count). The van der Waals surface area contributed by atoms with Crippen LogP contribution >= 0.6 is 22.7 Å². The minimum atomic E-state index is -0.406. The number of thiophene rings is 1. The summed E-state index contributed by atoms with van der Waals surface area (Å²) in [5.74, 6) is 0. The number of hydrogen-bond acceptors (Lipinski definition) is 6. The minimum absolute atomic E-state index is 0.248. The van der Waals surface area contributed by atoms with Crippen molar-refractivity contribution in [3.05, 3.63) is 38.5 Å². The summed E-state index contributed by atoms with van der Waals surface area (Å²) in [5.41, 5.74) is 1.12. The molecule has 0 aromatic carbocycles. The van der Waals surface area contributed by atoms with Crippen molar-refractivity contribution in [1.29, 1.82) is 0 Å². The number of nitrogens with zero attached hydrogens (tertiary/aromatic N) is 2. The SMILES string of the molecule is Cc1nc(CN2CCOC[C@@H]2C[C@H](O)c2cccs2)cs1. The van der Waals surface area contributed by atoms with E-state index in [2.05, 4.69) is 15.3 Å². The van der Waals surface area contributed by atoms with Crippen molar-refractivity contribution in [3.63, 3.8) is 0 Å². The lowest BCUT2D eigenvalue weighted by atomic mass is 10.1. The Morgan fingerprint density at radius 1 is 1.52 bits per heavy atom. The van der Waals surface area contributed by atoms with Gasteiger partial charge in [-0.1, -0.05) is 6.07 Å². The van der Waals surface area contributed by atoms with Crippen LogP contribution in [0.25, 0.3) is 0 Å². The van der Waals surface area contributed by atoms with Crippen LogP contribution in [0.4, 0.5) is 0 Å². The molecule has 2 atom stereocenters. The summed E-state index contributed by atoms with van der Waals surface area (Å²) < 4.78 is 5.61. The second-order valence-corrected chi connectivity index (χ2v) is 7.37. The maximum absolute atomic E-state index is 10.4. The van der Waals surface area contributed by atoms with E-state index < -0.39 is 6.10 Å².